The van der Waals surface area contributed by atoms with Gasteiger partial charge in [0, 0.05) is 24.3 Å². The maximum absolute atomic E-state index is 12.6. The number of carboxylic acid groups (broad SMARTS) is 1. The lowest BCUT2D eigenvalue weighted by atomic mass is 9.98. The van der Waals surface area contributed by atoms with E-state index in [2.05, 4.69) is 12.1 Å². The Balaban J connectivity index is 1.48. The van der Waals surface area contributed by atoms with Crippen LogP contribution in [0.5, 0.6) is 0 Å². The quantitative estimate of drug-likeness (QED) is 0.647. The molecule has 6 heteroatoms. The third-order valence-corrected chi connectivity index (χ3v) is 6.25. The second kappa shape index (κ2) is 8.09. The van der Waals surface area contributed by atoms with E-state index in [1.54, 1.807) is 0 Å². The Kier molecular flexibility index (Phi) is 5.36. The van der Waals surface area contributed by atoms with Crippen molar-refractivity contribution in [3.05, 3.63) is 82.0 Å². The van der Waals surface area contributed by atoms with Gasteiger partial charge in [-0.1, -0.05) is 54.6 Å². The van der Waals surface area contributed by atoms with E-state index in [-0.39, 0.29) is 18.9 Å². The molecule has 1 amide bonds. The number of amides is 1. The van der Waals surface area contributed by atoms with Crippen LogP contribution in [0.3, 0.4) is 0 Å². The van der Waals surface area contributed by atoms with Crippen LogP contribution in [-0.2, 0) is 16.0 Å². The summed E-state index contributed by atoms with van der Waals surface area (Å²) in [4.78, 5) is 26.4. The number of fused-ring (bicyclic) bond motifs is 3. The number of carboxylic acids is 1. The van der Waals surface area contributed by atoms with E-state index >= 15 is 0 Å². The van der Waals surface area contributed by atoms with Gasteiger partial charge in [0.25, 0.3) is 0 Å². The zero-order chi connectivity index (χ0) is 20.4. The molecule has 0 fully saturated rings. The van der Waals surface area contributed by atoms with Crippen LogP contribution in [0.1, 0.15) is 21.9 Å². The van der Waals surface area contributed by atoms with Crippen molar-refractivity contribution >= 4 is 23.4 Å². The molecule has 148 valence electrons. The average molecular weight is 407 g/mol. The van der Waals surface area contributed by atoms with Gasteiger partial charge in [-0.3, -0.25) is 4.90 Å². The van der Waals surface area contributed by atoms with Gasteiger partial charge in [0.15, 0.2) is 0 Å². The van der Waals surface area contributed by atoms with E-state index in [4.69, 9.17) is 4.74 Å². The summed E-state index contributed by atoms with van der Waals surface area (Å²) in [6, 6.07) is 19.0. The second-order valence-electron chi connectivity index (χ2n) is 7.05. The Morgan fingerprint density at radius 2 is 1.66 bits per heavy atom. The van der Waals surface area contributed by atoms with Gasteiger partial charge in [0.2, 0.25) is 0 Å². The standard InChI is InChI=1S/C23H21NO4S/c1-24(21(22(25)26)13-15-7-6-12-29-15)23(27)28-14-20-18-10-4-2-8-16(18)17-9-3-5-11-19(17)20/h2-12,20-21H,13-14H2,1H3,(H,25,26). The molecule has 0 spiro atoms. The van der Waals surface area contributed by atoms with Crippen LogP contribution in [0, 0.1) is 0 Å². The van der Waals surface area contributed by atoms with Gasteiger partial charge in [0.05, 0.1) is 0 Å². The number of hydrogen-bond acceptors (Lipinski definition) is 4. The van der Waals surface area contributed by atoms with Crippen molar-refractivity contribution in [2.75, 3.05) is 13.7 Å². The number of hydrogen-bond donors (Lipinski definition) is 1. The monoisotopic (exact) mass is 407 g/mol. The third-order valence-electron chi connectivity index (χ3n) is 5.35. The molecule has 1 atom stereocenters. The van der Waals surface area contributed by atoms with Gasteiger partial charge >= 0.3 is 12.1 Å². The highest BCUT2D eigenvalue weighted by Gasteiger charge is 2.32. The fourth-order valence-corrected chi connectivity index (χ4v) is 4.58. The summed E-state index contributed by atoms with van der Waals surface area (Å²) in [5.74, 6) is -1.10. The average Bonchev–Trinajstić information content (AvgIpc) is 3.36. The van der Waals surface area contributed by atoms with E-state index < -0.39 is 18.1 Å². The summed E-state index contributed by atoms with van der Waals surface area (Å²) in [7, 11) is 1.48. The number of benzene rings is 2. The van der Waals surface area contributed by atoms with Crippen molar-refractivity contribution in [3.63, 3.8) is 0 Å². The minimum absolute atomic E-state index is 0.0553. The Morgan fingerprint density at radius 3 is 2.21 bits per heavy atom. The highest BCUT2D eigenvalue weighted by atomic mass is 32.1. The minimum atomic E-state index is -1.05. The number of carbonyl (C=O) groups excluding carboxylic acids is 1. The first kappa shape index (κ1) is 19.2. The molecule has 0 radical (unpaired) electrons. The largest absolute Gasteiger partial charge is 0.480 e. The first-order chi connectivity index (χ1) is 14.1. The van der Waals surface area contributed by atoms with Gasteiger partial charge in [-0.25, -0.2) is 9.59 Å². The fourth-order valence-electron chi connectivity index (χ4n) is 3.83. The molecule has 1 N–H and O–H groups in total. The predicted octanol–water partition coefficient (Wildman–Crippen LogP) is 4.62. The van der Waals surface area contributed by atoms with Crippen molar-refractivity contribution in [2.24, 2.45) is 0 Å². The second-order valence-corrected chi connectivity index (χ2v) is 8.08. The van der Waals surface area contributed by atoms with Crippen molar-refractivity contribution in [1.29, 1.82) is 0 Å². The van der Waals surface area contributed by atoms with Crippen LogP contribution in [0.4, 0.5) is 4.79 Å². The van der Waals surface area contributed by atoms with E-state index in [9.17, 15) is 14.7 Å². The van der Waals surface area contributed by atoms with Crippen molar-refractivity contribution in [1.82, 2.24) is 4.90 Å². The molecule has 3 aromatic rings. The van der Waals surface area contributed by atoms with E-state index in [1.165, 1.54) is 23.3 Å². The first-order valence-electron chi connectivity index (χ1n) is 9.39. The summed E-state index contributed by atoms with van der Waals surface area (Å²) in [6.07, 6.45) is -0.371. The Morgan fingerprint density at radius 1 is 1.03 bits per heavy atom. The molecule has 4 rings (SSSR count). The topological polar surface area (TPSA) is 66.8 Å². The Bertz CT molecular complexity index is 985. The zero-order valence-electron chi connectivity index (χ0n) is 15.9. The van der Waals surface area contributed by atoms with Gasteiger partial charge in [-0.15, -0.1) is 11.3 Å². The molecule has 1 aliphatic carbocycles. The third kappa shape index (κ3) is 3.76. The van der Waals surface area contributed by atoms with Crippen LogP contribution in [0.2, 0.25) is 0 Å². The molecular weight excluding hydrogens is 386 g/mol. The number of nitrogens with zero attached hydrogens (tertiary/aromatic N) is 1. The summed E-state index contributed by atoms with van der Waals surface area (Å²) in [5, 5.41) is 11.5. The van der Waals surface area contributed by atoms with E-state index in [0.29, 0.717) is 0 Å². The molecule has 29 heavy (non-hydrogen) atoms. The molecule has 0 saturated heterocycles. The zero-order valence-corrected chi connectivity index (χ0v) is 16.8. The van der Waals surface area contributed by atoms with Crippen LogP contribution < -0.4 is 0 Å². The number of ether oxygens (including phenoxy) is 1. The van der Waals surface area contributed by atoms with E-state index in [0.717, 1.165) is 27.1 Å². The summed E-state index contributed by atoms with van der Waals surface area (Å²) in [6.45, 7) is 0.169. The molecule has 0 saturated carbocycles. The van der Waals surface area contributed by atoms with Gasteiger partial charge in [0.1, 0.15) is 12.6 Å². The molecule has 1 aromatic heterocycles. The molecular formula is C23H21NO4S. The van der Waals surface area contributed by atoms with Crippen molar-refractivity contribution < 1.29 is 19.4 Å². The molecule has 1 unspecified atom stereocenters. The van der Waals surface area contributed by atoms with Crippen LogP contribution in [0.25, 0.3) is 11.1 Å². The summed E-state index contributed by atoms with van der Waals surface area (Å²) < 4.78 is 5.58. The fraction of sp³-hybridized carbons (Fsp3) is 0.217. The number of likely N-dealkylation sites (N-methyl/N-ethyl adjacent to an activating group) is 1. The smallest absolute Gasteiger partial charge is 0.410 e. The Hall–Kier alpha value is -3.12. The van der Waals surface area contributed by atoms with Gasteiger partial charge in [-0.2, -0.15) is 0 Å². The highest BCUT2D eigenvalue weighted by Crippen LogP contribution is 2.44. The number of carbonyl (C=O) groups is 2. The maximum Gasteiger partial charge on any atom is 0.410 e. The predicted molar refractivity (Wildman–Crippen MR) is 112 cm³/mol. The normalized spacial score (nSPS) is 13.4. The minimum Gasteiger partial charge on any atom is -0.480 e. The van der Waals surface area contributed by atoms with Crippen molar-refractivity contribution in [2.45, 2.75) is 18.4 Å². The molecule has 2 aromatic carbocycles. The summed E-state index contributed by atoms with van der Waals surface area (Å²) in [5.41, 5.74) is 4.55. The van der Waals surface area contributed by atoms with Gasteiger partial charge < -0.3 is 9.84 Å². The summed E-state index contributed by atoms with van der Waals surface area (Å²) >= 11 is 1.47. The molecule has 1 heterocycles. The number of aliphatic carboxylic acids is 1. The van der Waals surface area contributed by atoms with E-state index in [1.807, 2.05) is 53.9 Å². The first-order valence-corrected chi connectivity index (χ1v) is 10.3. The lowest BCUT2D eigenvalue weighted by molar-refractivity contribution is -0.142. The highest BCUT2D eigenvalue weighted by molar-refractivity contribution is 7.09. The van der Waals surface area contributed by atoms with Crippen LogP contribution >= 0.6 is 11.3 Å². The Labute approximate surface area is 173 Å². The lowest BCUT2D eigenvalue weighted by Crippen LogP contribution is -2.44. The molecule has 0 aliphatic heterocycles. The molecule has 1 aliphatic rings. The SMILES string of the molecule is CN(C(=O)OCC1c2ccccc2-c2ccccc21)C(Cc1cccs1)C(=O)O. The molecule has 5 nitrogen and oxygen atoms in total. The molecule has 0 bridgehead atoms. The van der Waals surface area contributed by atoms with Gasteiger partial charge in [-0.05, 0) is 33.7 Å². The van der Waals surface area contributed by atoms with Crippen LogP contribution in [0.15, 0.2) is 66.0 Å². The van der Waals surface area contributed by atoms with Crippen LogP contribution in [-0.4, -0.2) is 41.8 Å². The number of rotatable bonds is 6. The maximum atomic E-state index is 12.6. The van der Waals surface area contributed by atoms with Crippen molar-refractivity contribution in [3.8, 4) is 11.1 Å². The lowest BCUT2D eigenvalue weighted by Gasteiger charge is -2.25. The number of thiophene rings is 1.